The SMILES string of the molecule is COC(=O)C(=C[C@H]1[C@@H](C(=O)O)C1(C)C)SC. The minimum atomic E-state index is -0.809. The average Bonchev–Trinajstić information content (AvgIpc) is 2.75. The molecule has 0 saturated heterocycles. The zero-order valence-corrected chi connectivity index (χ0v) is 10.6. The Labute approximate surface area is 99.0 Å². The number of hydrogen-bond donors (Lipinski definition) is 1. The van der Waals surface area contributed by atoms with Crippen LogP contribution >= 0.6 is 11.8 Å². The van der Waals surface area contributed by atoms with Gasteiger partial charge in [0, 0.05) is 0 Å². The van der Waals surface area contributed by atoms with E-state index in [0.717, 1.165) is 0 Å². The molecule has 0 aromatic carbocycles. The van der Waals surface area contributed by atoms with Crippen LogP contribution in [0.1, 0.15) is 13.8 Å². The van der Waals surface area contributed by atoms with Crippen LogP contribution in [-0.4, -0.2) is 30.4 Å². The van der Waals surface area contributed by atoms with Gasteiger partial charge in [-0.25, -0.2) is 4.79 Å². The van der Waals surface area contributed by atoms with Gasteiger partial charge in [0.25, 0.3) is 0 Å². The number of aliphatic carboxylic acids is 1. The van der Waals surface area contributed by atoms with E-state index in [2.05, 4.69) is 4.74 Å². The summed E-state index contributed by atoms with van der Waals surface area (Å²) in [6.07, 6.45) is 3.49. The van der Waals surface area contributed by atoms with E-state index in [0.29, 0.717) is 4.91 Å². The van der Waals surface area contributed by atoms with Gasteiger partial charge < -0.3 is 9.84 Å². The van der Waals surface area contributed by atoms with E-state index in [1.54, 1.807) is 12.3 Å². The van der Waals surface area contributed by atoms with Gasteiger partial charge in [-0.05, 0) is 17.6 Å². The lowest BCUT2D eigenvalue weighted by Gasteiger charge is -2.02. The fourth-order valence-electron chi connectivity index (χ4n) is 1.94. The van der Waals surface area contributed by atoms with Crippen molar-refractivity contribution in [1.29, 1.82) is 0 Å². The number of allylic oxidation sites excluding steroid dienone is 1. The molecule has 1 rings (SSSR count). The Morgan fingerprint density at radius 3 is 2.31 bits per heavy atom. The van der Waals surface area contributed by atoms with E-state index in [-0.39, 0.29) is 11.3 Å². The van der Waals surface area contributed by atoms with Crippen molar-refractivity contribution >= 4 is 23.7 Å². The van der Waals surface area contributed by atoms with Crippen molar-refractivity contribution in [3.63, 3.8) is 0 Å². The summed E-state index contributed by atoms with van der Waals surface area (Å²) in [5, 5.41) is 8.99. The Morgan fingerprint density at radius 2 is 2.00 bits per heavy atom. The van der Waals surface area contributed by atoms with Crippen molar-refractivity contribution < 1.29 is 19.4 Å². The highest BCUT2D eigenvalue weighted by Gasteiger charge is 2.61. The third-order valence-corrected chi connectivity index (χ3v) is 3.86. The number of carbonyl (C=O) groups is 2. The third-order valence-electron chi connectivity index (χ3n) is 3.11. The van der Waals surface area contributed by atoms with Crippen molar-refractivity contribution in [1.82, 2.24) is 0 Å². The Kier molecular flexibility index (Phi) is 3.68. The van der Waals surface area contributed by atoms with Gasteiger partial charge in [0.15, 0.2) is 0 Å². The third kappa shape index (κ3) is 2.24. The number of carboxylic acids is 1. The normalized spacial score (nSPS) is 27.4. The van der Waals surface area contributed by atoms with Crippen LogP contribution in [-0.2, 0) is 14.3 Å². The van der Waals surface area contributed by atoms with Crippen LogP contribution in [0.2, 0.25) is 0 Å². The first-order chi connectivity index (χ1) is 7.36. The van der Waals surface area contributed by atoms with Crippen LogP contribution in [0.4, 0.5) is 0 Å². The number of carboxylic acid groups (broad SMARTS) is 1. The summed E-state index contributed by atoms with van der Waals surface area (Å²) in [4.78, 5) is 22.8. The molecule has 1 fully saturated rings. The molecule has 1 saturated carbocycles. The molecule has 0 amide bonds. The van der Waals surface area contributed by atoms with Gasteiger partial charge in [-0.15, -0.1) is 11.8 Å². The molecule has 2 atom stereocenters. The number of ether oxygens (including phenoxy) is 1. The lowest BCUT2D eigenvalue weighted by molar-refractivity contribution is -0.139. The van der Waals surface area contributed by atoms with E-state index in [9.17, 15) is 9.59 Å². The van der Waals surface area contributed by atoms with Crippen LogP contribution < -0.4 is 0 Å². The fourth-order valence-corrected chi connectivity index (χ4v) is 2.48. The molecule has 0 bridgehead atoms. The number of rotatable bonds is 4. The lowest BCUT2D eigenvalue weighted by atomic mass is 10.1. The van der Waals surface area contributed by atoms with Crippen molar-refractivity contribution in [3.8, 4) is 0 Å². The van der Waals surface area contributed by atoms with Gasteiger partial charge in [0.05, 0.1) is 17.9 Å². The second-order valence-electron chi connectivity index (χ2n) is 4.39. The monoisotopic (exact) mass is 244 g/mol. The largest absolute Gasteiger partial charge is 0.481 e. The van der Waals surface area contributed by atoms with Crippen LogP contribution in [0.5, 0.6) is 0 Å². The molecule has 1 N–H and O–H groups in total. The van der Waals surface area contributed by atoms with Gasteiger partial charge >= 0.3 is 11.9 Å². The van der Waals surface area contributed by atoms with Gasteiger partial charge in [-0.1, -0.05) is 19.9 Å². The van der Waals surface area contributed by atoms with Gasteiger partial charge in [0.1, 0.15) is 0 Å². The fraction of sp³-hybridized carbons (Fsp3) is 0.636. The van der Waals surface area contributed by atoms with E-state index in [4.69, 9.17) is 5.11 Å². The van der Waals surface area contributed by atoms with Gasteiger partial charge in [-0.2, -0.15) is 0 Å². The summed E-state index contributed by atoms with van der Waals surface area (Å²) in [6.45, 7) is 3.78. The molecule has 1 aliphatic rings. The summed E-state index contributed by atoms with van der Waals surface area (Å²) in [5.74, 6) is -1.71. The number of carbonyl (C=O) groups excluding carboxylic acids is 1. The average molecular weight is 244 g/mol. The first kappa shape index (κ1) is 13.1. The Morgan fingerprint density at radius 1 is 1.44 bits per heavy atom. The minimum absolute atomic E-state index is 0.0912. The molecule has 0 spiro atoms. The Balaban J connectivity index is 2.85. The van der Waals surface area contributed by atoms with E-state index < -0.39 is 17.9 Å². The van der Waals surface area contributed by atoms with Gasteiger partial charge in [0.2, 0.25) is 0 Å². The lowest BCUT2D eigenvalue weighted by Crippen LogP contribution is -2.03. The standard InChI is InChI=1S/C11H16O4S/c1-11(2)6(8(11)9(12)13)5-7(16-4)10(14)15-3/h5-6,8H,1-4H3,(H,12,13)/t6-,8-/m0/s1. The molecule has 0 radical (unpaired) electrons. The molecule has 0 unspecified atom stereocenters. The predicted octanol–water partition coefficient (Wildman–Crippen LogP) is 1.76. The van der Waals surface area contributed by atoms with Crippen molar-refractivity contribution in [2.45, 2.75) is 13.8 Å². The number of thioether (sulfide) groups is 1. The van der Waals surface area contributed by atoms with E-state index in [1.165, 1.54) is 18.9 Å². The number of methoxy groups -OCH3 is 1. The molecule has 5 heteroatoms. The molecule has 1 aliphatic carbocycles. The quantitative estimate of drug-likeness (QED) is 0.603. The maximum atomic E-state index is 11.3. The van der Waals surface area contributed by atoms with Crippen LogP contribution in [0.25, 0.3) is 0 Å². The molecule has 16 heavy (non-hydrogen) atoms. The Bertz CT molecular complexity index is 346. The second-order valence-corrected chi connectivity index (χ2v) is 5.24. The topological polar surface area (TPSA) is 63.6 Å². The molecule has 4 nitrogen and oxygen atoms in total. The van der Waals surface area contributed by atoms with Crippen LogP contribution in [0.3, 0.4) is 0 Å². The van der Waals surface area contributed by atoms with Crippen molar-refractivity contribution in [3.05, 3.63) is 11.0 Å². The smallest absolute Gasteiger partial charge is 0.343 e. The summed E-state index contributed by atoms with van der Waals surface area (Å²) < 4.78 is 4.62. The molecule has 0 aromatic heterocycles. The minimum Gasteiger partial charge on any atom is -0.481 e. The van der Waals surface area contributed by atoms with Crippen LogP contribution in [0.15, 0.2) is 11.0 Å². The number of hydrogen-bond acceptors (Lipinski definition) is 4. The zero-order chi connectivity index (χ0) is 12.5. The first-order valence-corrected chi connectivity index (χ1v) is 6.15. The highest BCUT2D eigenvalue weighted by atomic mass is 32.2. The van der Waals surface area contributed by atoms with Crippen LogP contribution in [0, 0.1) is 17.3 Å². The molecule has 90 valence electrons. The van der Waals surface area contributed by atoms with E-state index >= 15 is 0 Å². The van der Waals surface area contributed by atoms with Crippen molar-refractivity contribution in [2.75, 3.05) is 13.4 Å². The highest BCUT2D eigenvalue weighted by Crippen LogP contribution is 2.59. The molecule has 0 aliphatic heterocycles. The summed E-state index contributed by atoms with van der Waals surface area (Å²) in [6, 6.07) is 0. The molecular formula is C11H16O4S. The Hall–Kier alpha value is -0.970. The predicted molar refractivity (Wildman–Crippen MR) is 62.0 cm³/mol. The maximum absolute atomic E-state index is 11.3. The first-order valence-electron chi connectivity index (χ1n) is 4.93. The molecule has 0 aromatic rings. The molecular weight excluding hydrogens is 228 g/mol. The second kappa shape index (κ2) is 4.49. The van der Waals surface area contributed by atoms with E-state index in [1.807, 2.05) is 13.8 Å². The summed E-state index contributed by atoms with van der Waals surface area (Å²) in [7, 11) is 1.32. The summed E-state index contributed by atoms with van der Waals surface area (Å²) in [5.41, 5.74) is -0.277. The zero-order valence-electron chi connectivity index (χ0n) is 9.81. The molecule has 0 heterocycles. The maximum Gasteiger partial charge on any atom is 0.343 e. The summed E-state index contributed by atoms with van der Waals surface area (Å²) >= 11 is 1.28. The number of esters is 1. The highest BCUT2D eigenvalue weighted by molar-refractivity contribution is 8.03. The van der Waals surface area contributed by atoms with Gasteiger partial charge in [-0.3, -0.25) is 4.79 Å². The van der Waals surface area contributed by atoms with Crippen molar-refractivity contribution in [2.24, 2.45) is 17.3 Å².